The van der Waals surface area contributed by atoms with Gasteiger partial charge in [-0.2, -0.15) is 4.79 Å². The molecule has 0 N–H and O–H groups in total. The zero-order chi connectivity index (χ0) is 24.5. The van der Waals surface area contributed by atoms with E-state index in [1.165, 1.54) is 4.57 Å². The van der Waals surface area contributed by atoms with Crippen LogP contribution in [0.4, 0.5) is 4.79 Å². The fraction of sp³-hybridized carbons (Fsp3) is 0. The van der Waals surface area contributed by atoms with Crippen molar-refractivity contribution in [3.63, 3.8) is 0 Å². The smallest absolute Gasteiger partial charge is 0.372 e. The maximum absolute atomic E-state index is 12.4. The molecule has 6 heteroatoms. The molecule has 0 unspecified atom stereocenters. The van der Waals surface area contributed by atoms with Crippen LogP contribution in [0.1, 0.15) is 0 Å². The van der Waals surface area contributed by atoms with Crippen LogP contribution in [0.15, 0.2) is 137 Å². The first kappa shape index (κ1) is 24.5. The number of rotatable bonds is 3. The number of para-hydroxylation sites is 1. The molecule has 0 aliphatic heterocycles. The van der Waals surface area contributed by atoms with Gasteiger partial charge in [0.25, 0.3) is 0 Å². The molecule has 0 amide bonds. The summed E-state index contributed by atoms with van der Waals surface area (Å²) < 4.78 is 8.86. The zero-order valence-corrected chi connectivity index (χ0v) is 21.8. The van der Waals surface area contributed by atoms with Gasteiger partial charge < -0.3 is 4.74 Å². The van der Waals surface area contributed by atoms with Gasteiger partial charge in [0.05, 0.1) is 5.69 Å². The SMILES string of the molecule is Brc1ccnc(-c2ccccc2)c1.O=C(Oc1ccccc1)[n+]1ccc(Br)cc1-c1ccccc1. The summed E-state index contributed by atoms with van der Waals surface area (Å²) in [5.74, 6) is 0.516. The predicted octanol–water partition coefficient (Wildman–Crippen LogP) is 7.96. The van der Waals surface area contributed by atoms with E-state index in [0.29, 0.717) is 5.75 Å². The molecule has 0 saturated carbocycles. The van der Waals surface area contributed by atoms with Crippen molar-refractivity contribution in [1.82, 2.24) is 4.98 Å². The van der Waals surface area contributed by atoms with E-state index in [-0.39, 0.29) is 0 Å². The lowest BCUT2D eigenvalue weighted by molar-refractivity contribution is -0.570. The van der Waals surface area contributed by atoms with Crippen LogP contribution in [-0.2, 0) is 0 Å². The number of hydrogen-bond donors (Lipinski definition) is 0. The molecule has 3 aromatic carbocycles. The van der Waals surface area contributed by atoms with Crippen molar-refractivity contribution in [1.29, 1.82) is 0 Å². The average molecular weight is 589 g/mol. The largest absolute Gasteiger partial charge is 0.608 e. The molecule has 0 radical (unpaired) electrons. The molecule has 0 saturated heterocycles. The highest BCUT2D eigenvalue weighted by Gasteiger charge is 2.24. The highest BCUT2D eigenvalue weighted by Crippen LogP contribution is 2.20. The number of carbonyl (C=O) groups excluding carboxylic acids is 1. The van der Waals surface area contributed by atoms with Crippen LogP contribution in [-0.4, -0.2) is 11.1 Å². The van der Waals surface area contributed by atoms with E-state index < -0.39 is 6.09 Å². The van der Waals surface area contributed by atoms with Gasteiger partial charge in [0.2, 0.25) is 5.69 Å². The quantitative estimate of drug-likeness (QED) is 0.201. The van der Waals surface area contributed by atoms with Crippen molar-refractivity contribution in [2.75, 3.05) is 0 Å². The summed E-state index contributed by atoms with van der Waals surface area (Å²) in [5.41, 5.74) is 3.84. The van der Waals surface area contributed by atoms with Crippen molar-refractivity contribution < 1.29 is 14.1 Å². The third-order valence-electron chi connectivity index (χ3n) is 4.92. The lowest BCUT2D eigenvalue weighted by atomic mass is 10.1. The first-order valence-electron chi connectivity index (χ1n) is 10.8. The number of carbonyl (C=O) groups is 1. The summed E-state index contributed by atoms with van der Waals surface area (Å²) in [5, 5.41) is 0. The summed E-state index contributed by atoms with van der Waals surface area (Å²) in [6.45, 7) is 0. The zero-order valence-electron chi connectivity index (χ0n) is 18.6. The molecule has 4 nitrogen and oxygen atoms in total. The van der Waals surface area contributed by atoms with E-state index in [1.54, 1.807) is 30.6 Å². The van der Waals surface area contributed by atoms with Crippen molar-refractivity contribution in [3.05, 3.63) is 137 Å². The van der Waals surface area contributed by atoms with Gasteiger partial charge in [-0.25, -0.2) is 0 Å². The van der Waals surface area contributed by atoms with Gasteiger partial charge in [0.15, 0.2) is 6.20 Å². The van der Waals surface area contributed by atoms with Gasteiger partial charge in [0.1, 0.15) is 5.75 Å². The van der Waals surface area contributed by atoms with Gasteiger partial charge in [-0.3, -0.25) is 4.98 Å². The standard InChI is InChI=1S/C18H13BrNO2.C11H8BrN/c19-15-11-12-20(17(13-15)14-7-3-1-4-8-14)18(21)22-16-9-5-2-6-10-16;12-10-6-7-13-11(8-10)9-4-2-1-3-5-9/h1-13H;1-8H/q+1;. The molecule has 5 rings (SSSR count). The molecule has 35 heavy (non-hydrogen) atoms. The average Bonchev–Trinajstić information content (AvgIpc) is 2.90. The highest BCUT2D eigenvalue weighted by molar-refractivity contribution is 9.10. The highest BCUT2D eigenvalue weighted by atomic mass is 79.9. The van der Waals surface area contributed by atoms with Gasteiger partial charge in [0, 0.05) is 38.4 Å². The number of aromatic nitrogens is 2. The second kappa shape index (κ2) is 12.2. The number of benzene rings is 3. The Hall–Kier alpha value is -3.61. The van der Waals surface area contributed by atoms with E-state index >= 15 is 0 Å². The van der Waals surface area contributed by atoms with Gasteiger partial charge in [-0.15, -0.1) is 0 Å². The van der Waals surface area contributed by atoms with Crippen LogP contribution in [0.3, 0.4) is 0 Å². The predicted molar refractivity (Wildman–Crippen MR) is 145 cm³/mol. The topological polar surface area (TPSA) is 43.1 Å². The van der Waals surface area contributed by atoms with Crippen molar-refractivity contribution in [2.45, 2.75) is 0 Å². The van der Waals surface area contributed by atoms with Gasteiger partial charge >= 0.3 is 6.09 Å². The van der Waals surface area contributed by atoms with Gasteiger partial charge in [-0.05, 0) is 36.4 Å². The van der Waals surface area contributed by atoms with Crippen LogP contribution < -0.4 is 9.30 Å². The molecule has 0 spiro atoms. The number of ether oxygens (including phenoxy) is 1. The summed E-state index contributed by atoms with van der Waals surface area (Å²) in [4.78, 5) is 16.7. The molecular formula is C29H21Br2N2O2+. The first-order valence-corrected chi connectivity index (χ1v) is 12.4. The summed E-state index contributed by atoms with van der Waals surface area (Å²) in [6, 6.07) is 36.5. The minimum Gasteiger partial charge on any atom is -0.372 e. The molecule has 0 fully saturated rings. The van der Waals surface area contributed by atoms with Crippen LogP contribution in [0.25, 0.3) is 22.5 Å². The lowest BCUT2D eigenvalue weighted by Gasteiger charge is -2.04. The maximum Gasteiger partial charge on any atom is 0.608 e. The van der Waals surface area contributed by atoms with E-state index in [0.717, 1.165) is 31.5 Å². The summed E-state index contributed by atoms with van der Waals surface area (Å²) in [7, 11) is 0. The molecule has 0 atom stereocenters. The number of nitrogens with zero attached hydrogens (tertiary/aromatic N) is 2. The van der Waals surface area contributed by atoms with Crippen LogP contribution in [0.2, 0.25) is 0 Å². The van der Waals surface area contributed by atoms with E-state index in [1.807, 2.05) is 84.9 Å². The monoisotopic (exact) mass is 587 g/mol. The van der Waals surface area contributed by atoms with Crippen LogP contribution in [0, 0.1) is 0 Å². The number of pyridine rings is 2. The Kier molecular flexibility index (Phi) is 8.54. The van der Waals surface area contributed by atoms with E-state index in [4.69, 9.17) is 4.74 Å². The Bertz CT molecular complexity index is 1400. The van der Waals surface area contributed by atoms with Crippen LogP contribution in [0.5, 0.6) is 5.75 Å². The minimum atomic E-state index is -0.447. The fourth-order valence-electron chi connectivity index (χ4n) is 3.27. The number of halogens is 2. The number of hydrogen-bond acceptors (Lipinski definition) is 3. The molecule has 0 aliphatic rings. The van der Waals surface area contributed by atoms with Crippen LogP contribution >= 0.6 is 31.9 Å². The van der Waals surface area contributed by atoms with Crippen molar-refractivity contribution >= 4 is 38.0 Å². The normalized spacial score (nSPS) is 10.1. The minimum absolute atomic E-state index is 0.447. The second-order valence-corrected chi connectivity index (χ2v) is 9.20. The Balaban J connectivity index is 0.000000189. The third kappa shape index (κ3) is 6.94. The third-order valence-corrected chi connectivity index (χ3v) is 5.91. The molecule has 2 heterocycles. The van der Waals surface area contributed by atoms with Crippen molar-refractivity contribution in [3.8, 4) is 28.3 Å². The van der Waals surface area contributed by atoms with E-state index in [9.17, 15) is 4.79 Å². The second-order valence-electron chi connectivity index (χ2n) is 7.37. The van der Waals surface area contributed by atoms with E-state index in [2.05, 4.69) is 49.0 Å². The maximum atomic E-state index is 12.4. The molecule has 0 aliphatic carbocycles. The summed E-state index contributed by atoms with van der Waals surface area (Å²) in [6.07, 6.45) is 3.04. The molecular weight excluding hydrogens is 568 g/mol. The first-order chi connectivity index (χ1) is 17.1. The Labute approximate surface area is 221 Å². The Morgan fingerprint density at radius 1 is 0.686 bits per heavy atom. The molecule has 5 aromatic rings. The Morgan fingerprint density at radius 3 is 1.89 bits per heavy atom. The van der Waals surface area contributed by atoms with Crippen molar-refractivity contribution in [2.24, 2.45) is 0 Å². The summed E-state index contributed by atoms with van der Waals surface area (Å²) >= 11 is 6.86. The fourth-order valence-corrected chi connectivity index (χ4v) is 3.95. The molecule has 2 aromatic heterocycles. The van der Waals surface area contributed by atoms with Gasteiger partial charge in [-0.1, -0.05) is 103 Å². The molecule has 172 valence electrons. The lowest BCUT2D eigenvalue weighted by Crippen LogP contribution is -2.46. The Morgan fingerprint density at radius 2 is 1.26 bits per heavy atom. The molecule has 0 bridgehead atoms.